The molecule has 1 heterocycles. The maximum atomic E-state index is 3.87. The third-order valence-electron chi connectivity index (χ3n) is 6.33. The van der Waals surface area contributed by atoms with Crippen molar-refractivity contribution in [3.8, 4) is 9.85 Å². The van der Waals surface area contributed by atoms with Crippen LogP contribution in [0.5, 0.6) is 0 Å². The first-order chi connectivity index (χ1) is 13.3. The molecule has 0 aromatic carbocycles. The molecular weight excluding hydrogens is 441 g/mol. The van der Waals surface area contributed by atoms with Crippen LogP contribution in [0.2, 0.25) is 0 Å². The molecule has 0 spiro atoms. The van der Waals surface area contributed by atoms with E-state index in [2.05, 4.69) is 44.7 Å². The van der Waals surface area contributed by atoms with E-state index in [0.29, 0.717) is 5.54 Å². The number of unbranched alkanes of at least 4 members (excludes halogenated alkanes) is 13. The molecule has 0 radical (unpaired) electrons. The summed E-state index contributed by atoms with van der Waals surface area (Å²) in [4.78, 5) is 0. The van der Waals surface area contributed by atoms with Gasteiger partial charge in [-0.15, -0.1) is 0 Å². The first-order valence-electron chi connectivity index (χ1n) is 12.2. The van der Waals surface area contributed by atoms with Gasteiger partial charge in [-0.25, -0.2) is 0 Å². The highest BCUT2D eigenvalue weighted by Gasteiger charge is 2.28. The molecule has 0 aliphatic carbocycles. The van der Waals surface area contributed by atoms with E-state index in [1.54, 1.807) is 0 Å². The second-order valence-corrected chi connectivity index (χ2v) is 9.35. The van der Waals surface area contributed by atoms with E-state index < -0.39 is 0 Å². The molecule has 1 saturated heterocycles. The van der Waals surface area contributed by atoms with Gasteiger partial charge in [-0.05, 0) is 29.7 Å². The van der Waals surface area contributed by atoms with E-state index >= 15 is 0 Å². The lowest BCUT2D eigenvalue weighted by atomic mass is 9.84. The van der Waals surface area contributed by atoms with Crippen LogP contribution >= 0.6 is 22.6 Å². The zero-order valence-corrected chi connectivity index (χ0v) is 20.4. The predicted octanol–water partition coefficient (Wildman–Crippen LogP) is 8.55. The molecule has 1 atom stereocenters. The quantitative estimate of drug-likeness (QED) is 0.131. The summed E-state index contributed by atoms with van der Waals surface area (Å²) in [5.74, 6) is 3.36. The summed E-state index contributed by atoms with van der Waals surface area (Å²) in [5, 5.41) is 3.87. The van der Waals surface area contributed by atoms with E-state index in [4.69, 9.17) is 0 Å². The van der Waals surface area contributed by atoms with Crippen molar-refractivity contribution in [2.24, 2.45) is 0 Å². The molecule has 0 aromatic heterocycles. The zero-order valence-electron chi connectivity index (χ0n) is 18.2. The van der Waals surface area contributed by atoms with Crippen molar-refractivity contribution in [2.75, 3.05) is 6.54 Å². The Labute approximate surface area is 184 Å². The van der Waals surface area contributed by atoms with E-state index in [9.17, 15) is 0 Å². The molecule has 1 fully saturated rings. The maximum Gasteiger partial charge on any atom is 0.0290 e. The zero-order chi connectivity index (χ0) is 19.5. The largest absolute Gasteiger partial charge is 0.310 e. The average Bonchev–Trinajstić information content (AvgIpc) is 2.93. The summed E-state index contributed by atoms with van der Waals surface area (Å²) in [6.45, 7) is 3.49. The fourth-order valence-corrected chi connectivity index (χ4v) is 4.71. The Bertz CT molecular complexity index is 374. The number of halogens is 1. The summed E-state index contributed by atoms with van der Waals surface area (Å²) in [6, 6.07) is 0. The van der Waals surface area contributed by atoms with E-state index in [0.717, 1.165) is 6.42 Å². The van der Waals surface area contributed by atoms with E-state index in [-0.39, 0.29) is 0 Å². The topological polar surface area (TPSA) is 12.0 Å². The summed E-state index contributed by atoms with van der Waals surface area (Å²) in [5.41, 5.74) is 0.325. The third kappa shape index (κ3) is 14.0. The lowest BCUT2D eigenvalue weighted by Crippen LogP contribution is -2.44. The SMILES string of the molecule is CCCCCCCCCCCCCCCCC1(CC#CI)CCCCCN1. The van der Waals surface area contributed by atoms with Gasteiger partial charge in [0.25, 0.3) is 0 Å². The van der Waals surface area contributed by atoms with Gasteiger partial charge in [0.15, 0.2) is 0 Å². The molecule has 0 amide bonds. The van der Waals surface area contributed by atoms with Crippen molar-refractivity contribution in [1.82, 2.24) is 5.32 Å². The van der Waals surface area contributed by atoms with Crippen LogP contribution in [0.1, 0.15) is 135 Å². The molecule has 0 bridgehead atoms. The molecular formula is C25H46IN. The van der Waals surface area contributed by atoms with Gasteiger partial charge in [-0.1, -0.05) is 116 Å². The van der Waals surface area contributed by atoms with Crippen LogP contribution in [0.4, 0.5) is 0 Å². The molecule has 1 unspecified atom stereocenters. The van der Waals surface area contributed by atoms with Crippen LogP contribution in [0.25, 0.3) is 0 Å². The first-order valence-corrected chi connectivity index (χ1v) is 13.2. The number of hydrogen-bond donors (Lipinski definition) is 1. The number of nitrogens with one attached hydrogen (secondary N) is 1. The second-order valence-electron chi connectivity index (χ2n) is 8.81. The fourth-order valence-electron chi connectivity index (χ4n) is 4.52. The maximum absolute atomic E-state index is 3.87. The minimum Gasteiger partial charge on any atom is -0.310 e. The monoisotopic (exact) mass is 487 g/mol. The van der Waals surface area contributed by atoms with Crippen LogP contribution < -0.4 is 5.32 Å². The summed E-state index contributed by atoms with van der Waals surface area (Å²) in [6.07, 6.45) is 28.0. The molecule has 1 N–H and O–H groups in total. The molecule has 158 valence electrons. The van der Waals surface area contributed by atoms with Gasteiger partial charge in [-0.3, -0.25) is 0 Å². The normalized spacial score (nSPS) is 20.1. The van der Waals surface area contributed by atoms with Crippen molar-refractivity contribution in [2.45, 2.75) is 141 Å². The van der Waals surface area contributed by atoms with Gasteiger partial charge in [-0.2, -0.15) is 0 Å². The Kier molecular flexibility index (Phi) is 17.1. The minimum atomic E-state index is 0.325. The van der Waals surface area contributed by atoms with Gasteiger partial charge < -0.3 is 5.32 Å². The van der Waals surface area contributed by atoms with Crippen molar-refractivity contribution in [3.63, 3.8) is 0 Å². The highest BCUT2D eigenvalue weighted by atomic mass is 127. The van der Waals surface area contributed by atoms with Crippen molar-refractivity contribution < 1.29 is 0 Å². The fraction of sp³-hybridized carbons (Fsp3) is 0.920. The van der Waals surface area contributed by atoms with Gasteiger partial charge in [0, 0.05) is 34.6 Å². The molecule has 1 rings (SSSR count). The molecule has 27 heavy (non-hydrogen) atoms. The highest BCUT2D eigenvalue weighted by molar-refractivity contribution is 14.1. The first kappa shape index (κ1) is 25.3. The van der Waals surface area contributed by atoms with Crippen molar-refractivity contribution in [3.05, 3.63) is 0 Å². The Balaban J connectivity index is 1.96. The summed E-state index contributed by atoms with van der Waals surface area (Å²) in [7, 11) is 0. The molecule has 1 aliphatic heterocycles. The lowest BCUT2D eigenvalue weighted by Gasteiger charge is -2.32. The van der Waals surface area contributed by atoms with Gasteiger partial charge in [0.2, 0.25) is 0 Å². The summed E-state index contributed by atoms with van der Waals surface area (Å²) < 4.78 is 3.09. The lowest BCUT2D eigenvalue weighted by molar-refractivity contribution is 0.289. The minimum absolute atomic E-state index is 0.325. The molecule has 2 heteroatoms. The van der Waals surface area contributed by atoms with Crippen LogP contribution in [-0.4, -0.2) is 12.1 Å². The van der Waals surface area contributed by atoms with Crippen LogP contribution in [0.3, 0.4) is 0 Å². The molecule has 1 nitrogen and oxygen atoms in total. The van der Waals surface area contributed by atoms with Crippen LogP contribution in [0, 0.1) is 9.85 Å². The second kappa shape index (κ2) is 18.3. The third-order valence-corrected chi connectivity index (χ3v) is 6.72. The summed E-state index contributed by atoms with van der Waals surface area (Å²) >= 11 is 2.19. The standard InChI is InChI=1S/C25H46IN/c1-2-3-4-5-6-7-8-9-10-11-12-13-14-16-20-25(22-19-23-26)21-17-15-18-24-27-25/h27H,2-18,20-22,24H2,1H3. The number of hydrogen-bond acceptors (Lipinski definition) is 1. The van der Waals surface area contributed by atoms with E-state index in [1.165, 1.54) is 129 Å². The van der Waals surface area contributed by atoms with E-state index in [1.807, 2.05) is 0 Å². The predicted molar refractivity (Wildman–Crippen MR) is 131 cm³/mol. The number of rotatable bonds is 16. The van der Waals surface area contributed by atoms with Crippen LogP contribution in [0.15, 0.2) is 0 Å². The molecule has 0 saturated carbocycles. The highest BCUT2D eigenvalue weighted by Crippen LogP contribution is 2.28. The van der Waals surface area contributed by atoms with Crippen molar-refractivity contribution >= 4 is 22.6 Å². The van der Waals surface area contributed by atoms with Gasteiger partial charge >= 0.3 is 0 Å². The van der Waals surface area contributed by atoms with Crippen molar-refractivity contribution in [1.29, 1.82) is 0 Å². The smallest absolute Gasteiger partial charge is 0.0290 e. The Hall–Kier alpha value is 0.250. The van der Waals surface area contributed by atoms with Crippen LogP contribution in [-0.2, 0) is 0 Å². The Morgan fingerprint density at radius 3 is 1.85 bits per heavy atom. The van der Waals surface area contributed by atoms with Gasteiger partial charge in [0.05, 0.1) is 0 Å². The molecule has 0 aromatic rings. The van der Waals surface area contributed by atoms with Gasteiger partial charge in [0.1, 0.15) is 0 Å². The average molecular weight is 488 g/mol. The Morgan fingerprint density at radius 2 is 1.30 bits per heavy atom. The Morgan fingerprint density at radius 1 is 0.741 bits per heavy atom. The molecule has 1 aliphatic rings.